The Morgan fingerprint density at radius 3 is 3.00 bits per heavy atom. The lowest BCUT2D eigenvalue weighted by Gasteiger charge is -2.15. The van der Waals surface area contributed by atoms with Crippen molar-refractivity contribution < 1.29 is 14.3 Å². The number of thiazole rings is 1. The molecule has 2 aromatic rings. The van der Waals surface area contributed by atoms with Gasteiger partial charge in [-0.05, 0) is 18.9 Å². The van der Waals surface area contributed by atoms with E-state index in [4.69, 9.17) is 9.47 Å². The molecule has 3 rings (SSSR count). The Balaban J connectivity index is 1.74. The average Bonchev–Trinajstić information content (AvgIpc) is 3.24. The summed E-state index contributed by atoms with van der Waals surface area (Å²) in [6.45, 7) is 0.769. The monoisotopic (exact) mass is 319 g/mol. The molecule has 1 saturated heterocycles. The minimum Gasteiger partial charge on any atom is -0.481 e. The number of amides is 1. The summed E-state index contributed by atoms with van der Waals surface area (Å²) in [5, 5.41) is 2.66. The molecule has 22 heavy (non-hydrogen) atoms. The summed E-state index contributed by atoms with van der Waals surface area (Å²) in [5.74, 6) is 0.353. The van der Waals surface area contributed by atoms with Crippen LogP contribution in [0.15, 0.2) is 23.7 Å². The summed E-state index contributed by atoms with van der Waals surface area (Å²) < 4.78 is 10.6. The summed E-state index contributed by atoms with van der Waals surface area (Å²) in [6, 6.07) is 3.51. The fraction of sp³-hybridized carbons (Fsp3) is 0.400. The van der Waals surface area contributed by atoms with Gasteiger partial charge in [0.1, 0.15) is 16.8 Å². The molecule has 1 aliphatic heterocycles. The molecular formula is C15H17N3O3S. The number of nitrogens with zero attached hydrogens (tertiary/aromatic N) is 3. The van der Waals surface area contributed by atoms with Crippen LogP contribution in [-0.2, 0) is 4.74 Å². The van der Waals surface area contributed by atoms with Crippen LogP contribution in [0.4, 0.5) is 5.69 Å². The van der Waals surface area contributed by atoms with E-state index in [1.807, 2.05) is 0 Å². The Bertz CT molecular complexity index is 650. The lowest BCUT2D eigenvalue weighted by Crippen LogP contribution is -2.26. The van der Waals surface area contributed by atoms with Crippen LogP contribution in [0.5, 0.6) is 5.88 Å². The molecule has 1 unspecified atom stereocenters. The van der Waals surface area contributed by atoms with Gasteiger partial charge in [-0.3, -0.25) is 4.79 Å². The fourth-order valence-corrected chi connectivity index (χ4v) is 3.16. The van der Waals surface area contributed by atoms with Crippen LogP contribution in [0.25, 0.3) is 0 Å². The highest BCUT2D eigenvalue weighted by molar-refractivity contribution is 7.09. The summed E-state index contributed by atoms with van der Waals surface area (Å²) in [5.41, 5.74) is 1.13. The largest absolute Gasteiger partial charge is 0.481 e. The van der Waals surface area contributed by atoms with Crippen LogP contribution in [0.2, 0.25) is 0 Å². The molecule has 3 heterocycles. The molecule has 2 aromatic heterocycles. The summed E-state index contributed by atoms with van der Waals surface area (Å²) in [4.78, 5) is 22.6. The van der Waals surface area contributed by atoms with Crippen molar-refractivity contribution in [2.45, 2.75) is 18.9 Å². The van der Waals surface area contributed by atoms with E-state index in [1.54, 1.807) is 37.9 Å². The van der Waals surface area contributed by atoms with Gasteiger partial charge in [0.15, 0.2) is 0 Å². The van der Waals surface area contributed by atoms with Gasteiger partial charge in [-0.15, -0.1) is 11.3 Å². The first kappa shape index (κ1) is 14.9. The van der Waals surface area contributed by atoms with Crippen molar-refractivity contribution in [3.63, 3.8) is 0 Å². The van der Waals surface area contributed by atoms with E-state index >= 15 is 0 Å². The van der Waals surface area contributed by atoms with Crippen molar-refractivity contribution in [3.8, 4) is 5.88 Å². The first-order valence-electron chi connectivity index (χ1n) is 7.04. The number of carbonyl (C=O) groups is 1. The molecule has 0 radical (unpaired) electrons. The summed E-state index contributed by atoms with van der Waals surface area (Å²) in [6.07, 6.45) is 3.66. The molecule has 0 aromatic carbocycles. The highest BCUT2D eigenvalue weighted by Crippen LogP contribution is 2.31. The van der Waals surface area contributed by atoms with E-state index in [2.05, 4.69) is 9.97 Å². The van der Waals surface area contributed by atoms with Gasteiger partial charge in [0, 0.05) is 25.1 Å². The molecular weight excluding hydrogens is 302 g/mol. The number of carbonyl (C=O) groups excluding carboxylic acids is 1. The van der Waals surface area contributed by atoms with Crippen molar-refractivity contribution >= 4 is 22.9 Å². The Labute approximate surface area is 132 Å². The summed E-state index contributed by atoms with van der Waals surface area (Å²) >= 11 is 1.47. The smallest absolute Gasteiger partial charge is 0.277 e. The maximum Gasteiger partial charge on any atom is 0.277 e. The average molecular weight is 319 g/mol. The third kappa shape index (κ3) is 2.95. The maximum absolute atomic E-state index is 12.5. The highest BCUT2D eigenvalue weighted by atomic mass is 32.1. The first-order chi connectivity index (χ1) is 10.7. The molecule has 0 saturated carbocycles. The van der Waals surface area contributed by atoms with Gasteiger partial charge in [-0.1, -0.05) is 0 Å². The molecule has 0 aliphatic carbocycles. The fourth-order valence-electron chi connectivity index (χ4n) is 2.29. The van der Waals surface area contributed by atoms with Gasteiger partial charge >= 0.3 is 0 Å². The Morgan fingerprint density at radius 2 is 2.36 bits per heavy atom. The second-order valence-corrected chi connectivity index (χ2v) is 5.89. The van der Waals surface area contributed by atoms with Gasteiger partial charge in [0.2, 0.25) is 5.88 Å². The van der Waals surface area contributed by atoms with E-state index in [-0.39, 0.29) is 12.0 Å². The highest BCUT2D eigenvalue weighted by Gasteiger charge is 2.24. The minimum atomic E-state index is -0.160. The molecule has 116 valence electrons. The summed E-state index contributed by atoms with van der Waals surface area (Å²) in [7, 11) is 3.26. The van der Waals surface area contributed by atoms with Crippen molar-refractivity contribution in [1.29, 1.82) is 0 Å². The molecule has 1 aliphatic rings. The van der Waals surface area contributed by atoms with Crippen LogP contribution in [0.3, 0.4) is 0 Å². The molecule has 0 bridgehead atoms. The van der Waals surface area contributed by atoms with Crippen molar-refractivity contribution in [2.75, 3.05) is 25.7 Å². The molecule has 0 spiro atoms. The Kier molecular flexibility index (Phi) is 4.35. The number of anilines is 1. The number of methoxy groups -OCH3 is 1. The minimum absolute atomic E-state index is 0.0412. The van der Waals surface area contributed by atoms with Gasteiger partial charge < -0.3 is 14.4 Å². The zero-order valence-electron chi connectivity index (χ0n) is 12.5. The van der Waals surface area contributed by atoms with Crippen LogP contribution < -0.4 is 9.64 Å². The van der Waals surface area contributed by atoms with Gasteiger partial charge in [0.05, 0.1) is 19.0 Å². The number of hydrogen-bond donors (Lipinski definition) is 0. The van der Waals surface area contributed by atoms with Gasteiger partial charge in [0.25, 0.3) is 5.91 Å². The second kappa shape index (κ2) is 6.41. The third-order valence-corrected chi connectivity index (χ3v) is 4.50. The lowest BCUT2D eigenvalue weighted by atomic mass is 10.2. The van der Waals surface area contributed by atoms with E-state index in [0.717, 1.165) is 24.5 Å². The van der Waals surface area contributed by atoms with Crippen LogP contribution in [0, 0.1) is 0 Å². The van der Waals surface area contributed by atoms with Crippen LogP contribution >= 0.6 is 11.3 Å². The number of hydrogen-bond acceptors (Lipinski definition) is 6. The topological polar surface area (TPSA) is 64.5 Å². The Morgan fingerprint density at radius 1 is 1.50 bits per heavy atom. The first-order valence-corrected chi connectivity index (χ1v) is 7.92. The van der Waals surface area contributed by atoms with Gasteiger partial charge in [-0.25, -0.2) is 9.97 Å². The zero-order valence-corrected chi connectivity index (χ0v) is 13.3. The SMILES string of the molecule is COc1ccc(N(C)C(=O)c2csc(C3CCCO3)n2)cn1. The number of ether oxygens (including phenoxy) is 2. The van der Waals surface area contributed by atoms with E-state index in [1.165, 1.54) is 16.2 Å². The van der Waals surface area contributed by atoms with Crippen molar-refractivity contribution in [2.24, 2.45) is 0 Å². The standard InChI is InChI=1S/C15H17N3O3S/c1-18(10-5-6-13(20-2)16-8-10)15(19)11-9-22-14(17-11)12-4-3-7-21-12/h5-6,8-9,12H,3-4,7H2,1-2H3. The molecule has 0 N–H and O–H groups in total. The van der Waals surface area contributed by atoms with Crippen molar-refractivity contribution in [3.05, 3.63) is 34.4 Å². The van der Waals surface area contributed by atoms with Crippen LogP contribution in [-0.4, -0.2) is 36.6 Å². The molecule has 7 heteroatoms. The maximum atomic E-state index is 12.5. The molecule has 6 nitrogen and oxygen atoms in total. The van der Waals surface area contributed by atoms with E-state index in [0.29, 0.717) is 17.3 Å². The second-order valence-electron chi connectivity index (χ2n) is 5.00. The van der Waals surface area contributed by atoms with Gasteiger partial charge in [-0.2, -0.15) is 0 Å². The molecule has 1 fully saturated rings. The normalized spacial score (nSPS) is 17.5. The zero-order chi connectivity index (χ0) is 15.5. The quantitative estimate of drug-likeness (QED) is 0.867. The molecule has 1 atom stereocenters. The molecule has 1 amide bonds. The number of pyridine rings is 1. The van der Waals surface area contributed by atoms with Crippen molar-refractivity contribution in [1.82, 2.24) is 9.97 Å². The predicted octanol–water partition coefficient (Wildman–Crippen LogP) is 2.67. The van der Waals surface area contributed by atoms with E-state index < -0.39 is 0 Å². The number of aromatic nitrogens is 2. The third-order valence-electron chi connectivity index (χ3n) is 3.57. The Hall–Kier alpha value is -1.99. The lowest BCUT2D eigenvalue weighted by molar-refractivity contribution is 0.0984. The number of rotatable bonds is 4. The predicted molar refractivity (Wildman–Crippen MR) is 83.6 cm³/mol. The van der Waals surface area contributed by atoms with E-state index in [9.17, 15) is 4.79 Å². The van der Waals surface area contributed by atoms with Crippen LogP contribution in [0.1, 0.15) is 34.4 Å².